The Morgan fingerprint density at radius 1 is 1.35 bits per heavy atom. The Labute approximate surface area is 126 Å². The highest BCUT2D eigenvalue weighted by Gasteiger charge is 2.16. The summed E-state index contributed by atoms with van der Waals surface area (Å²) in [5.41, 5.74) is 1.02. The van der Waals surface area contributed by atoms with Crippen molar-refractivity contribution in [3.8, 4) is 5.75 Å². The number of benzene rings is 1. The molecular formula is C15H16BrNO3. The molecule has 0 aliphatic carbocycles. The maximum absolute atomic E-state index is 12.2. The average Bonchev–Trinajstić information content (AvgIpc) is 2.99. The van der Waals surface area contributed by atoms with Gasteiger partial charge in [-0.05, 0) is 58.7 Å². The molecule has 5 heteroatoms. The van der Waals surface area contributed by atoms with Gasteiger partial charge in [-0.1, -0.05) is 6.92 Å². The number of hydrogen-bond acceptors (Lipinski definition) is 3. The monoisotopic (exact) mass is 337 g/mol. The Hall–Kier alpha value is -1.75. The third-order valence-electron chi connectivity index (χ3n) is 2.94. The summed E-state index contributed by atoms with van der Waals surface area (Å²) in [6.45, 7) is 2.00. The third-order valence-corrected chi connectivity index (χ3v) is 3.17. The molecule has 1 unspecified atom stereocenters. The standard InChI is InChI=1S/C15H16BrNO3/c1-2-13(14-4-3-9-19-14)17-15(18)11-5-7-12(8-6-11)20-10-16/h3-9,13H,2,10H2,1H3,(H,17,18). The number of ether oxygens (including phenoxy) is 1. The van der Waals surface area contributed by atoms with E-state index in [1.807, 2.05) is 19.1 Å². The zero-order valence-electron chi connectivity index (χ0n) is 11.1. The first-order valence-corrected chi connectivity index (χ1v) is 7.49. The van der Waals surface area contributed by atoms with Crippen LogP contribution in [-0.4, -0.2) is 11.4 Å². The van der Waals surface area contributed by atoms with Crippen LogP contribution in [0.2, 0.25) is 0 Å². The van der Waals surface area contributed by atoms with Crippen LogP contribution in [0.25, 0.3) is 0 Å². The van der Waals surface area contributed by atoms with E-state index in [1.165, 1.54) is 0 Å². The summed E-state index contributed by atoms with van der Waals surface area (Å²) in [4.78, 5) is 12.2. The summed E-state index contributed by atoms with van der Waals surface area (Å²) in [6, 6.07) is 10.6. The fourth-order valence-electron chi connectivity index (χ4n) is 1.87. The van der Waals surface area contributed by atoms with Gasteiger partial charge >= 0.3 is 0 Å². The highest BCUT2D eigenvalue weighted by molar-refractivity contribution is 9.09. The molecule has 0 saturated carbocycles. The van der Waals surface area contributed by atoms with Gasteiger partial charge in [0.2, 0.25) is 0 Å². The maximum Gasteiger partial charge on any atom is 0.251 e. The van der Waals surface area contributed by atoms with Gasteiger partial charge in [0.15, 0.2) is 0 Å². The summed E-state index contributed by atoms with van der Waals surface area (Å²) in [5.74, 6) is 1.36. The molecule has 1 atom stereocenters. The molecule has 1 heterocycles. The molecular weight excluding hydrogens is 322 g/mol. The van der Waals surface area contributed by atoms with E-state index in [0.717, 1.165) is 17.9 Å². The van der Waals surface area contributed by atoms with Gasteiger partial charge < -0.3 is 14.5 Å². The Balaban J connectivity index is 2.03. The molecule has 2 rings (SSSR count). The normalized spacial score (nSPS) is 11.9. The van der Waals surface area contributed by atoms with Crippen LogP contribution in [0.15, 0.2) is 47.1 Å². The first kappa shape index (κ1) is 14.7. The predicted octanol–water partition coefficient (Wildman–Crippen LogP) is 3.89. The van der Waals surface area contributed by atoms with Gasteiger partial charge in [-0.25, -0.2) is 0 Å². The number of hydrogen-bond donors (Lipinski definition) is 1. The minimum absolute atomic E-state index is 0.115. The van der Waals surface area contributed by atoms with Crippen LogP contribution in [0.4, 0.5) is 0 Å². The second-order valence-electron chi connectivity index (χ2n) is 4.23. The summed E-state index contributed by atoms with van der Waals surface area (Å²) < 4.78 is 10.6. The van der Waals surface area contributed by atoms with Gasteiger partial charge in [-0.2, -0.15) is 0 Å². The molecule has 1 amide bonds. The Bertz CT molecular complexity index is 537. The minimum Gasteiger partial charge on any atom is -0.482 e. The highest BCUT2D eigenvalue weighted by Crippen LogP contribution is 2.18. The van der Waals surface area contributed by atoms with Crippen LogP contribution in [0.1, 0.15) is 35.5 Å². The van der Waals surface area contributed by atoms with E-state index in [2.05, 4.69) is 21.2 Å². The van der Waals surface area contributed by atoms with Crippen LogP contribution in [-0.2, 0) is 0 Å². The van der Waals surface area contributed by atoms with Gasteiger partial charge in [0.1, 0.15) is 17.0 Å². The van der Waals surface area contributed by atoms with Crippen molar-refractivity contribution in [3.05, 3.63) is 54.0 Å². The van der Waals surface area contributed by atoms with E-state index in [1.54, 1.807) is 30.5 Å². The molecule has 0 fully saturated rings. The topological polar surface area (TPSA) is 51.5 Å². The fourth-order valence-corrected chi connectivity index (χ4v) is 2.14. The number of carbonyl (C=O) groups is 1. The predicted molar refractivity (Wildman–Crippen MR) is 80.1 cm³/mol. The molecule has 0 bridgehead atoms. The second-order valence-corrected chi connectivity index (χ2v) is 4.69. The lowest BCUT2D eigenvalue weighted by Crippen LogP contribution is -2.27. The molecule has 1 aromatic heterocycles. The van der Waals surface area contributed by atoms with Crippen molar-refractivity contribution in [2.24, 2.45) is 0 Å². The van der Waals surface area contributed by atoms with Gasteiger partial charge in [-0.15, -0.1) is 0 Å². The van der Waals surface area contributed by atoms with Gasteiger partial charge in [-0.3, -0.25) is 4.79 Å². The van der Waals surface area contributed by atoms with Crippen molar-refractivity contribution >= 4 is 21.8 Å². The number of halogens is 1. The minimum atomic E-state index is -0.126. The smallest absolute Gasteiger partial charge is 0.251 e. The number of rotatable bonds is 6. The maximum atomic E-state index is 12.2. The molecule has 0 saturated heterocycles. The van der Waals surface area contributed by atoms with Crippen molar-refractivity contribution in [1.82, 2.24) is 5.32 Å². The Morgan fingerprint density at radius 3 is 2.65 bits per heavy atom. The van der Waals surface area contributed by atoms with Gasteiger partial charge in [0.05, 0.1) is 12.3 Å². The quantitative estimate of drug-likeness (QED) is 0.813. The molecule has 20 heavy (non-hydrogen) atoms. The summed E-state index contributed by atoms with van der Waals surface area (Å²) >= 11 is 3.19. The fraction of sp³-hybridized carbons (Fsp3) is 0.267. The van der Waals surface area contributed by atoms with E-state index in [4.69, 9.17) is 9.15 Å². The van der Waals surface area contributed by atoms with E-state index in [-0.39, 0.29) is 11.9 Å². The highest BCUT2D eigenvalue weighted by atomic mass is 79.9. The molecule has 1 N–H and O–H groups in total. The van der Waals surface area contributed by atoms with Crippen LogP contribution >= 0.6 is 15.9 Å². The molecule has 4 nitrogen and oxygen atoms in total. The molecule has 2 aromatic rings. The largest absolute Gasteiger partial charge is 0.482 e. The summed E-state index contributed by atoms with van der Waals surface area (Å²) in [7, 11) is 0. The van der Waals surface area contributed by atoms with Gasteiger partial charge in [0, 0.05) is 5.56 Å². The Kier molecular flexibility index (Phi) is 5.24. The average molecular weight is 338 g/mol. The molecule has 0 aliphatic rings. The van der Waals surface area contributed by atoms with Crippen molar-refractivity contribution in [2.45, 2.75) is 19.4 Å². The van der Waals surface area contributed by atoms with E-state index in [0.29, 0.717) is 11.1 Å². The third kappa shape index (κ3) is 3.63. The zero-order valence-corrected chi connectivity index (χ0v) is 12.7. The van der Waals surface area contributed by atoms with Crippen LogP contribution in [0.5, 0.6) is 5.75 Å². The van der Waals surface area contributed by atoms with Crippen molar-refractivity contribution in [3.63, 3.8) is 0 Å². The van der Waals surface area contributed by atoms with Crippen LogP contribution in [0.3, 0.4) is 0 Å². The van der Waals surface area contributed by atoms with Crippen molar-refractivity contribution in [1.29, 1.82) is 0 Å². The van der Waals surface area contributed by atoms with Gasteiger partial charge in [0.25, 0.3) is 5.91 Å². The van der Waals surface area contributed by atoms with E-state index < -0.39 is 0 Å². The molecule has 1 aromatic carbocycles. The van der Waals surface area contributed by atoms with Crippen LogP contribution in [0, 0.1) is 0 Å². The zero-order chi connectivity index (χ0) is 14.4. The number of alkyl halides is 1. The first-order valence-electron chi connectivity index (χ1n) is 6.37. The summed E-state index contributed by atoms with van der Waals surface area (Å²) in [5, 5.41) is 2.95. The van der Waals surface area contributed by atoms with Crippen molar-refractivity contribution in [2.75, 3.05) is 5.52 Å². The number of furan rings is 1. The first-order chi connectivity index (χ1) is 9.74. The Morgan fingerprint density at radius 2 is 2.10 bits per heavy atom. The van der Waals surface area contributed by atoms with Crippen LogP contribution < -0.4 is 10.1 Å². The number of nitrogens with one attached hydrogen (secondary N) is 1. The molecule has 0 radical (unpaired) electrons. The number of carbonyl (C=O) groups excluding carboxylic acids is 1. The summed E-state index contributed by atoms with van der Waals surface area (Å²) in [6.07, 6.45) is 2.38. The van der Waals surface area contributed by atoms with E-state index in [9.17, 15) is 4.79 Å². The number of amides is 1. The van der Waals surface area contributed by atoms with Crippen molar-refractivity contribution < 1.29 is 13.9 Å². The lowest BCUT2D eigenvalue weighted by molar-refractivity contribution is 0.0930. The van der Waals surface area contributed by atoms with E-state index >= 15 is 0 Å². The lowest BCUT2D eigenvalue weighted by Gasteiger charge is -2.14. The molecule has 106 valence electrons. The molecule has 0 aliphatic heterocycles. The molecule has 0 spiro atoms. The lowest BCUT2D eigenvalue weighted by atomic mass is 10.1. The SMILES string of the molecule is CCC(NC(=O)c1ccc(OCBr)cc1)c1ccco1. The second kappa shape index (κ2) is 7.14.